The van der Waals surface area contributed by atoms with E-state index in [4.69, 9.17) is 5.11 Å². The molecular formula is C7H11F2NO2. The fourth-order valence-electron chi connectivity index (χ4n) is 0.692. The van der Waals surface area contributed by atoms with Gasteiger partial charge in [-0.05, 0) is 7.05 Å². The fraction of sp³-hybridized carbons (Fsp3) is 0.571. The molecule has 0 aliphatic carbocycles. The summed E-state index contributed by atoms with van der Waals surface area (Å²) in [5.41, 5.74) is 0. The number of halogens is 2. The third-order valence-electron chi connectivity index (χ3n) is 1.22. The number of likely N-dealkylation sites (N-methyl/N-ethyl adjacent to an activating group) is 1. The highest BCUT2D eigenvalue weighted by Crippen LogP contribution is 2.14. The molecule has 0 bridgehead atoms. The minimum atomic E-state index is -3.68. The van der Waals surface area contributed by atoms with E-state index in [9.17, 15) is 13.6 Å². The normalized spacial score (nSPS) is 11.7. The van der Waals surface area contributed by atoms with Gasteiger partial charge in [-0.3, -0.25) is 4.90 Å². The molecule has 0 unspecified atom stereocenters. The highest BCUT2D eigenvalue weighted by molar-refractivity contribution is 5.75. The lowest BCUT2D eigenvalue weighted by molar-refractivity contribution is -0.166. The van der Waals surface area contributed by atoms with Crippen molar-refractivity contribution in [1.82, 2.24) is 4.90 Å². The van der Waals surface area contributed by atoms with Crippen LogP contribution in [0.15, 0.2) is 12.7 Å². The quantitative estimate of drug-likeness (QED) is 0.635. The molecule has 0 saturated carbocycles. The summed E-state index contributed by atoms with van der Waals surface area (Å²) in [6.45, 7) is 2.78. The second-order valence-electron chi connectivity index (χ2n) is 2.50. The van der Waals surface area contributed by atoms with Crippen molar-refractivity contribution in [3.05, 3.63) is 12.7 Å². The molecule has 0 rings (SSSR count). The molecular weight excluding hydrogens is 168 g/mol. The van der Waals surface area contributed by atoms with E-state index in [1.165, 1.54) is 18.0 Å². The first-order valence-corrected chi connectivity index (χ1v) is 3.31. The van der Waals surface area contributed by atoms with Crippen molar-refractivity contribution in [2.75, 3.05) is 20.1 Å². The molecule has 0 atom stereocenters. The fourth-order valence-corrected chi connectivity index (χ4v) is 0.692. The molecule has 0 aromatic rings. The average molecular weight is 179 g/mol. The molecule has 70 valence electrons. The molecule has 5 heteroatoms. The predicted octanol–water partition coefficient (Wildman–Crippen LogP) is 0.824. The van der Waals surface area contributed by atoms with Gasteiger partial charge < -0.3 is 5.11 Å². The van der Waals surface area contributed by atoms with Gasteiger partial charge in [-0.1, -0.05) is 6.08 Å². The second kappa shape index (κ2) is 4.15. The smallest absolute Gasteiger partial charge is 0.375 e. The van der Waals surface area contributed by atoms with Gasteiger partial charge >= 0.3 is 11.9 Å². The monoisotopic (exact) mass is 179 g/mol. The Balaban J connectivity index is 4.04. The van der Waals surface area contributed by atoms with Gasteiger partial charge in [0.05, 0.1) is 6.54 Å². The predicted molar refractivity (Wildman–Crippen MR) is 40.3 cm³/mol. The summed E-state index contributed by atoms with van der Waals surface area (Å²) in [5.74, 6) is -5.78. The van der Waals surface area contributed by atoms with E-state index < -0.39 is 18.4 Å². The molecule has 1 N–H and O–H groups in total. The van der Waals surface area contributed by atoms with Crippen molar-refractivity contribution >= 4 is 5.97 Å². The van der Waals surface area contributed by atoms with Gasteiger partial charge in [-0.15, -0.1) is 6.58 Å². The lowest BCUT2D eigenvalue weighted by Crippen LogP contribution is -2.40. The summed E-state index contributed by atoms with van der Waals surface area (Å²) in [6.07, 6.45) is 1.43. The van der Waals surface area contributed by atoms with E-state index in [0.717, 1.165) is 0 Å². The molecule has 0 saturated heterocycles. The maximum Gasteiger partial charge on any atom is 0.375 e. The molecule has 0 aromatic heterocycles. The van der Waals surface area contributed by atoms with Crippen LogP contribution in [0.5, 0.6) is 0 Å². The van der Waals surface area contributed by atoms with E-state index in [-0.39, 0.29) is 6.54 Å². The summed E-state index contributed by atoms with van der Waals surface area (Å²) < 4.78 is 24.9. The molecule has 0 fully saturated rings. The van der Waals surface area contributed by atoms with Crippen LogP contribution >= 0.6 is 0 Å². The number of aliphatic carboxylic acids is 1. The topological polar surface area (TPSA) is 40.5 Å². The number of rotatable bonds is 5. The lowest BCUT2D eigenvalue weighted by atomic mass is 10.3. The maximum absolute atomic E-state index is 12.4. The minimum Gasteiger partial charge on any atom is -0.477 e. The van der Waals surface area contributed by atoms with Crippen LogP contribution in [0.3, 0.4) is 0 Å². The van der Waals surface area contributed by atoms with Gasteiger partial charge in [0, 0.05) is 6.54 Å². The number of hydrogen-bond donors (Lipinski definition) is 1. The van der Waals surface area contributed by atoms with Gasteiger partial charge in [-0.25, -0.2) is 4.79 Å². The first kappa shape index (κ1) is 11.0. The van der Waals surface area contributed by atoms with Crippen molar-refractivity contribution < 1.29 is 18.7 Å². The van der Waals surface area contributed by atoms with Gasteiger partial charge in [0.15, 0.2) is 0 Å². The van der Waals surface area contributed by atoms with Crippen molar-refractivity contribution in [3.63, 3.8) is 0 Å². The van der Waals surface area contributed by atoms with Gasteiger partial charge in [0.25, 0.3) is 0 Å². The standard InChI is InChI=1S/C7H11F2NO2/c1-3-4-10(2)5-7(8,9)6(11)12/h3H,1,4-5H2,2H3,(H,11,12). The van der Waals surface area contributed by atoms with Crippen LogP contribution in [0.25, 0.3) is 0 Å². The van der Waals surface area contributed by atoms with Crippen LogP contribution in [-0.4, -0.2) is 42.0 Å². The van der Waals surface area contributed by atoms with E-state index >= 15 is 0 Å². The number of carbonyl (C=O) groups is 1. The van der Waals surface area contributed by atoms with Crippen LogP contribution in [0.1, 0.15) is 0 Å². The van der Waals surface area contributed by atoms with E-state index in [1.807, 2.05) is 0 Å². The third kappa shape index (κ3) is 3.43. The number of alkyl halides is 2. The Hall–Kier alpha value is -0.970. The van der Waals surface area contributed by atoms with Crippen molar-refractivity contribution in [3.8, 4) is 0 Å². The first-order valence-electron chi connectivity index (χ1n) is 3.31. The molecule has 3 nitrogen and oxygen atoms in total. The Morgan fingerprint density at radius 2 is 2.25 bits per heavy atom. The number of carboxylic acid groups (broad SMARTS) is 1. The van der Waals surface area contributed by atoms with E-state index in [0.29, 0.717) is 0 Å². The zero-order valence-electron chi connectivity index (χ0n) is 6.76. The molecule has 0 aliphatic rings. The van der Waals surface area contributed by atoms with Crippen molar-refractivity contribution in [2.45, 2.75) is 5.92 Å². The average Bonchev–Trinajstić information content (AvgIpc) is 1.85. The summed E-state index contributed by atoms with van der Waals surface area (Å²) in [5, 5.41) is 8.06. The largest absolute Gasteiger partial charge is 0.477 e. The zero-order valence-corrected chi connectivity index (χ0v) is 6.76. The van der Waals surface area contributed by atoms with Crippen molar-refractivity contribution in [2.24, 2.45) is 0 Å². The molecule has 0 heterocycles. The number of nitrogens with zero attached hydrogens (tertiary/aromatic N) is 1. The van der Waals surface area contributed by atoms with Crippen LogP contribution in [0.4, 0.5) is 8.78 Å². The SMILES string of the molecule is C=CCN(C)CC(F)(F)C(=O)O. The number of carboxylic acids is 1. The first-order chi connectivity index (χ1) is 5.40. The molecule has 0 aliphatic heterocycles. The van der Waals surface area contributed by atoms with Crippen LogP contribution < -0.4 is 0 Å². The summed E-state index contributed by atoms with van der Waals surface area (Å²) in [6, 6.07) is 0. The highest BCUT2D eigenvalue weighted by atomic mass is 19.3. The van der Waals surface area contributed by atoms with Crippen LogP contribution in [0.2, 0.25) is 0 Å². The molecule has 0 radical (unpaired) electrons. The van der Waals surface area contributed by atoms with E-state index in [1.54, 1.807) is 0 Å². The molecule has 0 spiro atoms. The summed E-state index contributed by atoms with van der Waals surface area (Å²) in [4.78, 5) is 11.1. The molecule has 0 amide bonds. The van der Waals surface area contributed by atoms with Crippen LogP contribution in [0, 0.1) is 0 Å². The van der Waals surface area contributed by atoms with Gasteiger partial charge in [0.2, 0.25) is 0 Å². The van der Waals surface area contributed by atoms with Crippen molar-refractivity contribution in [1.29, 1.82) is 0 Å². The van der Waals surface area contributed by atoms with E-state index in [2.05, 4.69) is 6.58 Å². The Kier molecular flexibility index (Phi) is 3.82. The summed E-state index contributed by atoms with van der Waals surface area (Å²) in [7, 11) is 1.40. The molecule has 12 heavy (non-hydrogen) atoms. The number of hydrogen-bond acceptors (Lipinski definition) is 2. The van der Waals surface area contributed by atoms with Crippen LogP contribution in [-0.2, 0) is 4.79 Å². The second-order valence-corrected chi connectivity index (χ2v) is 2.50. The zero-order chi connectivity index (χ0) is 9.78. The highest BCUT2D eigenvalue weighted by Gasteiger charge is 2.39. The Morgan fingerprint density at radius 3 is 2.58 bits per heavy atom. The minimum absolute atomic E-state index is 0.239. The summed E-state index contributed by atoms with van der Waals surface area (Å²) >= 11 is 0. The Labute approximate surface area is 69.3 Å². The maximum atomic E-state index is 12.4. The third-order valence-corrected chi connectivity index (χ3v) is 1.22. The van der Waals surface area contributed by atoms with Gasteiger partial charge in [-0.2, -0.15) is 8.78 Å². The Bertz CT molecular complexity index is 182. The lowest BCUT2D eigenvalue weighted by Gasteiger charge is -2.18. The van der Waals surface area contributed by atoms with Gasteiger partial charge in [0.1, 0.15) is 0 Å². The molecule has 0 aromatic carbocycles. The Morgan fingerprint density at radius 1 is 1.75 bits per heavy atom.